The number of aliphatic carboxylic acids is 1. The second-order valence-corrected chi connectivity index (χ2v) is 4.69. The fourth-order valence-electron chi connectivity index (χ4n) is 1.85. The molecule has 1 aromatic heterocycles. The van der Waals surface area contributed by atoms with Gasteiger partial charge >= 0.3 is 5.97 Å². The number of carbonyl (C=O) groups is 2. The summed E-state index contributed by atoms with van der Waals surface area (Å²) < 4.78 is 6.80. The van der Waals surface area contributed by atoms with Crippen LogP contribution in [-0.4, -0.2) is 45.8 Å². The Bertz CT molecular complexity index is 484. The Hall–Kier alpha value is -1.89. The standard InChI is InChI=1S/C11H15N3O4/c1-11(10(16)17)5-18-4-8(11)13-9(15)7-3-14(2)6-12-7/h3,6,8H,4-5H2,1-2H3,(H,13,15)(H,16,17). The summed E-state index contributed by atoms with van der Waals surface area (Å²) in [5.41, 5.74) is -0.832. The van der Waals surface area contributed by atoms with E-state index in [1.807, 2.05) is 0 Å². The Morgan fingerprint density at radius 2 is 2.39 bits per heavy atom. The molecule has 1 aromatic rings. The zero-order valence-electron chi connectivity index (χ0n) is 10.2. The monoisotopic (exact) mass is 253 g/mol. The summed E-state index contributed by atoms with van der Waals surface area (Å²) in [7, 11) is 1.75. The van der Waals surface area contributed by atoms with Crippen molar-refractivity contribution in [2.75, 3.05) is 13.2 Å². The quantitative estimate of drug-likeness (QED) is 0.767. The number of aromatic nitrogens is 2. The molecule has 1 saturated heterocycles. The number of carbonyl (C=O) groups excluding carboxylic acids is 1. The van der Waals surface area contributed by atoms with E-state index in [4.69, 9.17) is 4.74 Å². The van der Waals surface area contributed by atoms with E-state index in [-0.39, 0.29) is 18.9 Å². The highest BCUT2D eigenvalue weighted by Gasteiger charge is 2.47. The second-order valence-electron chi connectivity index (χ2n) is 4.69. The van der Waals surface area contributed by atoms with Crippen LogP contribution in [0.15, 0.2) is 12.5 Å². The third kappa shape index (κ3) is 2.08. The third-order valence-corrected chi connectivity index (χ3v) is 3.19. The molecule has 2 rings (SSSR count). The van der Waals surface area contributed by atoms with E-state index in [0.717, 1.165) is 0 Å². The number of carboxylic acids is 1. The first-order chi connectivity index (χ1) is 8.43. The van der Waals surface area contributed by atoms with Gasteiger partial charge in [-0.2, -0.15) is 0 Å². The van der Waals surface area contributed by atoms with Crippen molar-refractivity contribution in [3.63, 3.8) is 0 Å². The first-order valence-corrected chi connectivity index (χ1v) is 5.53. The minimum absolute atomic E-state index is 0.0928. The van der Waals surface area contributed by atoms with Gasteiger partial charge in [-0.1, -0.05) is 0 Å². The lowest BCUT2D eigenvalue weighted by Gasteiger charge is -2.25. The van der Waals surface area contributed by atoms with Crippen molar-refractivity contribution < 1.29 is 19.4 Å². The molecule has 18 heavy (non-hydrogen) atoms. The van der Waals surface area contributed by atoms with Crippen LogP contribution in [-0.2, 0) is 16.6 Å². The highest BCUT2D eigenvalue weighted by Crippen LogP contribution is 2.28. The average molecular weight is 253 g/mol. The van der Waals surface area contributed by atoms with Gasteiger partial charge in [0.15, 0.2) is 0 Å². The van der Waals surface area contributed by atoms with Gasteiger partial charge in [0.05, 0.1) is 25.6 Å². The van der Waals surface area contributed by atoms with E-state index in [1.54, 1.807) is 24.7 Å². The molecular weight excluding hydrogens is 238 g/mol. The van der Waals surface area contributed by atoms with Gasteiger partial charge in [-0.05, 0) is 6.92 Å². The number of ether oxygens (including phenoxy) is 1. The van der Waals surface area contributed by atoms with Crippen LogP contribution in [0.3, 0.4) is 0 Å². The second kappa shape index (κ2) is 4.41. The van der Waals surface area contributed by atoms with Crippen LogP contribution < -0.4 is 5.32 Å². The average Bonchev–Trinajstić information content (AvgIpc) is 2.87. The summed E-state index contributed by atoms with van der Waals surface area (Å²) >= 11 is 0. The van der Waals surface area contributed by atoms with Gasteiger partial charge in [-0.15, -0.1) is 0 Å². The minimum atomic E-state index is -1.09. The van der Waals surface area contributed by atoms with Crippen molar-refractivity contribution in [3.05, 3.63) is 18.2 Å². The number of hydrogen-bond acceptors (Lipinski definition) is 4. The van der Waals surface area contributed by atoms with Crippen LogP contribution in [0.4, 0.5) is 0 Å². The van der Waals surface area contributed by atoms with Crippen LogP contribution in [0, 0.1) is 5.41 Å². The summed E-state index contributed by atoms with van der Waals surface area (Å²) in [6, 6.07) is -0.551. The van der Waals surface area contributed by atoms with E-state index in [1.165, 1.54) is 6.33 Å². The summed E-state index contributed by atoms with van der Waals surface area (Å²) in [4.78, 5) is 27.0. The van der Waals surface area contributed by atoms with Crippen LogP contribution >= 0.6 is 0 Å². The lowest BCUT2D eigenvalue weighted by atomic mass is 9.85. The van der Waals surface area contributed by atoms with Gasteiger partial charge in [0, 0.05) is 13.2 Å². The minimum Gasteiger partial charge on any atom is -0.481 e. The first-order valence-electron chi connectivity index (χ1n) is 5.53. The number of amides is 1. The highest BCUT2D eigenvalue weighted by molar-refractivity contribution is 5.93. The SMILES string of the molecule is Cn1cnc(C(=O)NC2COCC2(C)C(=O)O)c1. The Kier molecular flexibility index (Phi) is 3.08. The highest BCUT2D eigenvalue weighted by atomic mass is 16.5. The molecule has 1 aliphatic rings. The van der Waals surface area contributed by atoms with E-state index >= 15 is 0 Å². The number of carboxylic acid groups (broad SMARTS) is 1. The van der Waals surface area contributed by atoms with E-state index < -0.39 is 23.3 Å². The van der Waals surface area contributed by atoms with Crippen molar-refractivity contribution in [1.82, 2.24) is 14.9 Å². The third-order valence-electron chi connectivity index (χ3n) is 3.19. The van der Waals surface area contributed by atoms with E-state index in [9.17, 15) is 14.7 Å². The van der Waals surface area contributed by atoms with Crippen LogP contribution in [0.2, 0.25) is 0 Å². The number of imidazole rings is 1. The van der Waals surface area contributed by atoms with Crippen molar-refractivity contribution in [2.45, 2.75) is 13.0 Å². The van der Waals surface area contributed by atoms with Crippen LogP contribution in [0.25, 0.3) is 0 Å². The van der Waals surface area contributed by atoms with E-state index in [2.05, 4.69) is 10.3 Å². The molecule has 0 spiro atoms. The molecule has 2 unspecified atom stereocenters. The predicted octanol–water partition coefficient (Wildman–Crippen LogP) is -0.360. The van der Waals surface area contributed by atoms with Crippen molar-refractivity contribution in [3.8, 4) is 0 Å². The van der Waals surface area contributed by atoms with Crippen LogP contribution in [0.1, 0.15) is 17.4 Å². The molecule has 1 aliphatic heterocycles. The number of nitrogens with zero attached hydrogens (tertiary/aromatic N) is 2. The largest absolute Gasteiger partial charge is 0.481 e. The number of hydrogen-bond donors (Lipinski definition) is 2. The molecule has 1 fully saturated rings. The first kappa shape index (κ1) is 12.6. The van der Waals surface area contributed by atoms with Crippen molar-refractivity contribution in [1.29, 1.82) is 0 Å². The maximum absolute atomic E-state index is 11.9. The van der Waals surface area contributed by atoms with Gasteiger partial charge in [0.2, 0.25) is 0 Å². The molecule has 0 radical (unpaired) electrons. The Labute approximate surface area is 104 Å². The molecule has 1 amide bonds. The van der Waals surface area contributed by atoms with Crippen molar-refractivity contribution in [2.24, 2.45) is 12.5 Å². The molecule has 98 valence electrons. The summed E-state index contributed by atoms with van der Waals surface area (Å²) in [5, 5.41) is 11.8. The molecule has 0 aliphatic carbocycles. The summed E-state index contributed by atoms with van der Waals surface area (Å²) in [5.74, 6) is -1.37. The van der Waals surface area contributed by atoms with Gasteiger partial charge in [-0.3, -0.25) is 9.59 Å². The lowest BCUT2D eigenvalue weighted by Crippen LogP contribution is -2.49. The predicted molar refractivity (Wildman–Crippen MR) is 61.0 cm³/mol. The van der Waals surface area contributed by atoms with Gasteiger partial charge in [-0.25, -0.2) is 4.98 Å². The number of aryl methyl sites for hydroxylation is 1. The van der Waals surface area contributed by atoms with Gasteiger partial charge in [0.1, 0.15) is 11.1 Å². The molecular formula is C11H15N3O4. The Morgan fingerprint density at radius 3 is 2.94 bits per heavy atom. The molecule has 7 nitrogen and oxygen atoms in total. The zero-order chi connectivity index (χ0) is 13.3. The summed E-state index contributed by atoms with van der Waals surface area (Å²) in [6.45, 7) is 1.85. The zero-order valence-corrected chi connectivity index (χ0v) is 10.2. The lowest BCUT2D eigenvalue weighted by molar-refractivity contribution is -0.148. The number of nitrogens with one attached hydrogen (secondary N) is 1. The fourth-order valence-corrected chi connectivity index (χ4v) is 1.85. The molecule has 0 bridgehead atoms. The maximum Gasteiger partial charge on any atom is 0.313 e. The van der Waals surface area contributed by atoms with E-state index in [0.29, 0.717) is 0 Å². The number of rotatable bonds is 3. The van der Waals surface area contributed by atoms with Crippen LogP contribution in [0.5, 0.6) is 0 Å². The topological polar surface area (TPSA) is 93.5 Å². The maximum atomic E-state index is 11.9. The molecule has 2 atom stereocenters. The van der Waals surface area contributed by atoms with Gasteiger partial charge < -0.3 is 19.7 Å². The molecule has 0 aromatic carbocycles. The molecule has 0 saturated carbocycles. The van der Waals surface area contributed by atoms with Crippen molar-refractivity contribution >= 4 is 11.9 Å². The molecule has 7 heteroatoms. The Morgan fingerprint density at radius 1 is 1.67 bits per heavy atom. The Balaban J connectivity index is 2.10. The smallest absolute Gasteiger partial charge is 0.313 e. The van der Waals surface area contributed by atoms with Gasteiger partial charge in [0.25, 0.3) is 5.91 Å². The normalized spacial score (nSPS) is 27.1. The summed E-state index contributed by atoms with van der Waals surface area (Å²) in [6.07, 6.45) is 3.08. The fraction of sp³-hybridized carbons (Fsp3) is 0.545. The molecule has 2 heterocycles. The molecule has 2 N–H and O–H groups in total.